The quantitative estimate of drug-likeness (QED) is 0.565. The van der Waals surface area contributed by atoms with Gasteiger partial charge in [0.1, 0.15) is 11.4 Å². The molecule has 1 aliphatic heterocycles. The molecule has 7 heteroatoms. The third-order valence-electron chi connectivity index (χ3n) is 5.27. The van der Waals surface area contributed by atoms with Crippen molar-refractivity contribution < 1.29 is 4.74 Å². The third-order valence-corrected chi connectivity index (χ3v) is 5.27. The maximum absolute atomic E-state index is 5.83. The normalized spacial score (nSPS) is 14.8. The first-order valence-corrected chi connectivity index (χ1v) is 10.0. The first-order valence-electron chi connectivity index (χ1n) is 10.0. The summed E-state index contributed by atoms with van der Waals surface area (Å²) in [5.41, 5.74) is 11.3. The van der Waals surface area contributed by atoms with Crippen molar-refractivity contribution >= 4 is 16.9 Å². The first-order chi connectivity index (χ1) is 14.8. The molecule has 5 rings (SSSR count). The minimum absolute atomic E-state index is 0.160. The van der Waals surface area contributed by atoms with Gasteiger partial charge in [-0.3, -0.25) is 9.88 Å². The number of pyridine rings is 1. The van der Waals surface area contributed by atoms with Gasteiger partial charge < -0.3 is 10.5 Å². The zero-order valence-electron chi connectivity index (χ0n) is 16.5. The van der Waals surface area contributed by atoms with E-state index in [1.165, 1.54) is 5.56 Å². The molecule has 0 unspecified atom stereocenters. The number of hydrogen-bond donors (Lipinski definition) is 1. The molecule has 0 bridgehead atoms. The zero-order chi connectivity index (χ0) is 20.3. The van der Waals surface area contributed by atoms with Crippen molar-refractivity contribution in [2.24, 2.45) is 0 Å². The predicted octanol–water partition coefficient (Wildman–Crippen LogP) is 3.17. The Bertz CT molecular complexity index is 1170. The van der Waals surface area contributed by atoms with Crippen LogP contribution in [0.5, 0.6) is 0 Å². The second-order valence-corrected chi connectivity index (χ2v) is 7.37. The lowest BCUT2D eigenvalue weighted by Gasteiger charge is -2.26. The van der Waals surface area contributed by atoms with Crippen LogP contribution in [0.2, 0.25) is 0 Å². The van der Waals surface area contributed by atoms with Gasteiger partial charge >= 0.3 is 0 Å². The number of anilines is 1. The molecule has 2 aromatic heterocycles. The van der Waals surface area contributed by atoms with Crippen molar-refractivity contribution in [3.8, 4) is 22.5 Å². The molecule has 0 spiro atoms. The number of hydrogen-bond acceptors (Lipinski definition) is 7. The van der Waals surface area contributed by atoms with Gasteiger partial charge in [0, 0.05) is 42.3 Å². The van der Waals surface area contributed by atoms with E-state index in [1.807, 2.05) is 48.7 Å². The highest BCUT2D eigenvalue weighted by atomic mass is 16.5. The molecule has 1 aliphatic rings. The van der Waals surface area contributed by atoms with Crippen LogP contribution in [0.4, 0.5) is 5.95 Å². The van der Waals surface area contributed by atoms with Gasteiger partial charge in [0.25, 0.3) is 0 Å². The minimum atomic E-state index is 0.160. The number of nitrogen functional groups attached to an aromatic ring is 1. The summed E-state index contributed by atoms with van der Waals surface area (Å²) in [4.78, 5) is 11.5. The molecule has 2 aromatic carbocycles. The summed E-state index contributed by atoms with van der Waals surface area (Å²) in [6.45, 7) is 4.35. The number of nitrogens with two attached hydrogens (primary N) is 1. The topological polar surface area (TPSA) is 90.0 Å². The molecule has 1 fully saturated rings. The van der Waals surface area contributed by atoms with Crippen LogP contribution in [-0.4, -0.2) is 51.4 Å². The Morgan fingerprint density at radius 2 is 1.73 bits per heavy atom. The molecule has 1 saturated heterocycles. The fourth-order valence-electron chi connectivity index (χ4n) is 3.76. The van der Waals surface area contributed by atoms with Crippen molar-refractivity contribution in [2.75, 3.05) is 32.0 Å². The van der Waals surface area contributed by atoms with Crippen molar-refractivity contribution in [1.29, 1.82) is 0 Å². The van der Waals surface area contributed by atoms with E-state index in [2.05, 4.69) is 37.2 Å². The van der Waals surface area contributed by atoms with E-state index in [9.17, 15) is 0 Å². The number of morpholine rings is 1. The van der Waals surface area contributed by atoms with E-state index in [0.29, 0.717) is 5.69 Å². The number of rotatable bonds is 4. The summed E-state index contributed by atoms with van der Waals surface area (Å²) in [6, 6.07) is 18.2. The summed E-state index contributed by atoms with van der Waals surface area (Å²) in [5, 5.41) is 9.43. The summed E-state index contributed by atoms with van der Waals surface area (Å²) < 4.78 is 5.44. The molecule has 30 heavy (non-hydrogen) atoms. The Morgan fingerprint density at radius 3 is 2.57 bits per heavy atom. The first kappa shape index (κ1) is 18.6. The average molecular weight is 398 g/mol. The molecule has 150 valence electrons. The molecule has 0 aliphatic carbocycles. The Labute approximate surface area is 174 Å². The Balaban J connectivity index is 1.53. The van der Waals surface area contributed by atoms with Crippen molar-refractivity contribution in [3.05, 3.63) is 66.4 Å². The average Bonchev–Trinajstić information content (AvgIpc) is 2.80. The number of fused-ring (bicyclic) bond motifs is 1. The van der Waals surface area contributed by atoms with Crippen LogP contribution in [0.3, 0.4) is 0 Å². The molecule has 0 amide bonds. The lowest BCUT2D eigenvalue weighted by atomic mass is 10.0. The van der Waals surface area contributed by atoms with Crippen LogP contribution in [0.1, 0.15) is 5.56 Å². The van der Waals surface area contributed by atoms with E-state index in [4.69, 9.17) is 10.5 Å². The fourth-order valence-corrected chi connectivity index (χ4v) is 3.76. The Morgan fingerprint density at radius 1 is 0.900 bits per heavy atom. The Kier molecular flexibility index (Phi) is 5.04. The van der Waals surface area contributed by atoms with Gasteiger partial charge in [0.15, 0.2) is 0 Å². The highest BCUT2D eigenvalue weighted by Gasteiger charge is 2.14. The molecule has 7 nitrogen and oxygen atoms in total. The van der Waals surface area contributed by atoms with Gasteiger partial charge in [-0.05, 0) is 23.8 Å². The molecular formula is C23H22N6O. The smallest absolute Gasteiger partial charge is 0.240 e. The summed E-state index contributed by atoms with van der Waals surface area (Å²) in [5.74, 6) is 0.160. The monoisotopic (exact) mass is 398 g/mol. The van der Waals surface area contributed by atoms with E-state index in [0.717, 1.165) is 60.6 Å². The molecule has 0 radical (unpaired) electrons. The fraction of sp³-hybridized carbons (Fsp3) is 0.217. The van der Waals surface area contributed by atoms with Crippen LogP contribution in [-0.2, 0) is 11.3 Å². The van der Waals surface area contributed by atoms with Crippen molar-refractivity contribution in [2.45, 2.75) is 6.54 Å². The highest BCUT2D eigenvalue weighted by molar-refractivity contribution is 5.87. The number of benzene rings is 2. The maximum atomic E-state index is 5.83. The molecular weight excluding hydrogens is 376 g/mol. The van der Waals surface area contributed by atoms with Crippen LogP contribution in [0.15, 0.2) is 60.8 Å². The summed E-state index contributed by atoms with van der Waals surface area (Å²) in [7, 11) is 0. The van der Waals surface area contributed by atoms with Crippen LogP contribution in [0, 0.1) is 0 Å². The van der Waals surface area contributed by atoms with Crippen LogP contribution < -0.4 is 5.73 Å². The molecule has 0 atom stereocenters. The van der Waals surface area contributed by atoms with Crippen LogP contribution >= 0.6 is 0 Å². The number of nitrogens with zero attached hydrogens (tertiary/aromatic N) is 5. The van der Waals surface area contributed by atoms with Gasteiger partial charge in [0.2, 0.25) is 5.95 Å². The second-order valence-electron chi connectivity index (χ2n) is 7.37. The second kappa shape index (κ2) is 8.14. The standard InChI is InChI=1S/C23H22N6O/c24-23-26-21(17-4-2-1-3-5-17)22(27-28-23)18-6-7-20-19(13-18)12-16(14-25-20)15-29-8-10-30-11-9-29/h1-7,12-14H,8-11,15H2,(H2,24,26,28). The highest BCUT2D eigenvalue weighted by Crippen LogP contribution is 2.30. The van der Waals surface area contributed by atoms with E-state index < -0.39 is 0 Å². The number of ether oxygens (including phenoxy) is 1. The van der Waals surface area contributed by atoms with Crippen LogP contribution in [0.25, 0.3) is 33.4 Å². The Hall–Kier alpha value is -3.42. The lowest BCUT2D eigenvalue weighted by molar-refractivity contribution is 0.0341. The van der Waals surface area contributed by atoms with E-state index in [1.54, 1.807) is 0 Å². The summed E-state index contributed by atoms with van der Waals surface area (Å²) in [6.07, 6.45) is 1.96. The maximum Gasteiger partial charge on any atom is 0.240 e. The van der Waals surface area contributed by atoms with Gasteiger partial charge in [-0.25, -0.2) is 4.98 Å². The lowest BCUT2D eigenvalue weighted by Crippen LogP contribution is -2.35. The van der Waals surface area contributed by atoms with E-state index in [-0.39, 0.29) is 5.95 Å². The van der Waals surface area contributed by atoms with Gasteiger partial charge in [-0.15, -0.1) is 10.2 Å². The summed E-state index contributed by atoms with van der Waals surface area (Å²) >= 11 is 0. The molecule has 3 heterocycles. The van der Waals surface area contributed by atoms with Gasteiger partial charge in [0.05, 0.1) is 18.7 Å². The molecule has 2 N–H and O–H groups in total. The van der Waals surface area contributed by atoms with Crippen molar-refractivity contribution in [1.82, 2.24) is 25.1 Å². The molecule has 0 saturated carbocycles. The van der Waals surface area contributed by atoms with E-state index >= 15 is 0 Å². The predicted molar refractivity (Wildman–Crippen MR) is 117 cm³/mol. The minimum Gasteiger partial charge on any atom is -0.379 e. The number of aromatic nitrogens is 4. The SMILES string of the molecule is Nc1nnc(-c2ccc3ncc(CN4CCOCC4)cc3c2)c(-c2ccccc2)n1. The zero-order valence-corrected chi connectivity index (χ0v) is 16.5. The van der Waals surface area contributed by atoms with Crippen molar-refractivity contribution in [3.63, 3.8) is 0 Å². The molecule has 4 aromatic rings. The largest absolute Gasteiger partial charge is 0.379 e. The van der Waals surface area contributed by atoms with Gasteiger partial charge in [-0.1, -0.05) is 36.4 Å². The third kappa shape index (κ3) is 3.85. The van der Waals surface area contributed by atoms with Gasteiger partial charge in [-0.2, -0.15) is 0 Å².